The van der Waals surface area contributed by atoms with E-state index >= 15 is 0 Å². The molecule has 5 heteroatoms. The number of aliphatic hydroxyl groups is 1. The van der Waals surface area contributed by atoms with E-state index in [0.29, 0.717) is 5.76 Å². The predicted octanol–water partition coefficient (Wildman–Crippen LogP) is 4.47. The first-order chi connectivity index (χ1) is 11.8. The molecule has 0 amide bonds. The Labute approximate surface area is 147 Å². The minimum atomic E-state index is -1.25. The number of allylic oxidation sites excluding steroid dienone is 4. The highest BCUT2D eigenvalue weighted by Gasteiger charge is 2.20. The molecule has 1 aromatic carbocycles. The second kappa shape index (κ2) is 7.94. The molecule has 1 heterocycles. The highest BCUT2D eigenvalue weighted by molar-refractivity contribution is 5.61. The molecule has 132 valence electrons. The normalized spacial score (nSPS) is 13.0. The maximum absolute atomic E-state index is 13.8. The summed E-state index contributed by atoms with van der Waals surface area (Å²) in [4.78, 5) is 0. The molecule has 0 radical (unpaired) electrons. The van der Waals surface area contributed by atoms with Crippen LogP contribution < -0.4 is 0 Å². The molecule has 25 heavy (non-hydrogen) atoms. The van der Waals surface area contributed by atoms with Crippen LogP contribution in [-0.4, -0.2) is 15.3 Å². The van der Waals surface area contributed by atoms with Gasteiger partial charge in [-0.25, -0.2) is 4.39 Å². The summed E-state index contributed by atoms with van der Waals surface area (Å²) in [5, 5.41) is 16.8. The lowest BCUT2D eigenvalue weighted by Crippen LogP contribution is -2.18. The summed E-state index contributed by atoms with van der Waals surface area (Å²) in [5.41, 5.74) is 1.69. The zero-order valence-corrected chi connectivity index (χ0v) is 14.7. The van der Waals surface area contributed by atoms with E-state index in [1.54, 1.807) is 38.3 Å². The van der Waals surface area contributed by atoms with Gasteiger partial charge in [0.05, 0.1) is 11.3 Å². The summed E-state index contributed by atoms with van der Waals surface area (Å²) < 4.78 is 19.6. The number of hydrogen-bond donors (Lipinski definition) is 2. The lowest BCUT2D eigenvalue weighted by Gasteiger charge is -2.19. The quantitative estimate of drug-likeness (QED) is 0.577. The number of aromatic nitrogens is 2. The molecule has 0 aliphatic rings. The van der Waals surface area contributed by atoms with Crippen molar-refractivity contribution in [2.45, 2.75) is 33.0 Å². The lowest BCUT2D eigenvalue weighted by atomic mass is 9.96. The number of H-pyrrole nitrogens is 1. The molecule has 2 rings (SSSR count). The molecule has 2 aromatic rings. The number of benzene rings is 1. The highest BCUT2D eigenvalue weighted by atomic mass is 19.1. The van der Waals surface area contributed by atoms with Crippen molar-refractivity contribution in [1.29, 1.82) is 0 Å². The Hall–Kier alpha value is -2.66. The lowest BCUT2D eigenvalue weighted by molar-refractivity contribution is 0.0742. The number of nitrogens with one attached hydrogen (secondary N) is 1. The van der Waals surface area contributed by atoms with Crippen LogP contribution in [0.5, 0.6) is 0 Å². The maximum Gasteiger partial charge on any atom is 0.129 e. The van der Waals surface area contributed by atoms with E-state index in [9.17, 15) is 9.50 Å². The van der Waals surface area contributed by atoms with Gasteiger partial charge in [-0.1, -0.05) is 18.7 Å². The molecule has 0 aliphatic heterocycles. The van der Waals surface area contributed by atoms with Crippen LogP contribution in [0, 0.1) is 5.82 Å². The molecule has 2 N–H and O–H groups in total. The first-order valence-corrected chi connectivity index (χ1v) is 7.96. The third-order valence-electron chi connectivity index (χ3n) is 3.72. The molecule has 1 aromatic heterocycles. The van der Waals surface area contributed by atoms with E-state index in [4.69, 9.17) is 4.74 Å². The van der Waals surface area contributed by atoms with Gasteiger partial charge in [0.25, 0.3) is 0 Å². The number of nitrogens with zero attached hydrogens (tertiary/aromatic N) is 1. The van der Waals surface area contributed by atoms with Gasteiger partial charge in [0.15, 0.2) is 0 Å². The van der Waals surface area contributed by atoms with Crippen molar-refractivity contribution < 1.29 is 14.2 Å². The molecule has 0 saturated heterocycles. The standard InChI is InChI=1S/C20H23FN2O2/c1-5-16(8-6-14(2)19-10-11-22-23-19)25-13-15-7-9-18(21)17(12-15)20(3,4)24/h5-12,24H,1,13H2,2-4H3,(H,22,23)/b14-6+,16-8+. The SMILES string of the molecule is C=C/C(=C\C=C(/C)c1ccn[nH]1)OCc1ccc(F)c(C(C)(C)O)c1. The average Bonchev–Trinajstić information content (AvgIpc) is 3.09. The minimum Gasteiger partial charge on any atom is -0.489 e. The second-order valence-electron chi connectivity index (χ2n) is 6.26. The van der Waals surface area contributed by atoms with Crippen molar-refractivity contribution in [3.05, 3.63) is 83.7 Å². The van der Waals surface area contributed by atoms with Crippen LogP contribution in [0.3, 0.4) is 0 Å². The zero-order chi connectivity index (χ0) is 18.4. The second-order valence-corrected chi connectivity index (χ2v) is 6.26. The van der Waals surface area contributed by atoms with Crippen LogP contribution >= 0.6 is 0 Å². The summed E-state index contributed by atoms with van der Waals surface area (Å²) >= 11 is 0. The van der Waals surface area contributed by atoms with Gasteiger partial charge in [-0.3, -0.25) is 5.10 Å². The number of hydrogen-bond acceptors (Lipinski definition) is 3. The Morgan fingerprint density at radius 1 is 1.36 bits per heavy atom. The monoisotopic (exact) mass is 342 g/mol. The van der Waals surface area contributed by atoms with E-state index in [2.05, 4.69) is 16.8 Å². The van der Waals surface area contributed by atoms with Crippen molar-refractivity contribution >= 4 is 5.57 Å². The summed E-state index contributed by atoms with van der Waals surface area (Å²) in [6.45, 7) is 9.05. The van der Waals surface area contributed by atoms with Gasteiger partial charge in [-0.05, 0) is 62.3 Å². The molecule has 0 saturated carbocycles. The Morgan fingerprint density at radius 2 is 2.12 bits per heavy atom. The molecule has 0 aliphatic carbocycles. The number of rotatable bonds is 7. The van der Waals surface area contributed by atoms with Crippen molar-refractivity contribution in [3.8, 4) is 0 Å². The van der Waals surface area contributed by atoms with Gasteiger partial charge in [-0.2, -0.15) is 5.10 Å². The van der Waals surface area contributed by atoms with E-state index in [1.807, 2.05) is 25.1 Å². The fourth-order valence-electron chi connectivity index (χ4n) is 2.25. The largest absolute Gasteiger partial charge is 0.489 e. The molecule has 0 unspecified atom stereocenters. The van der Waals surface area contributed by atoms with Gasteiger partial charge in [0.2, 0.25) is 0 Å². The summed E-state index contributed by atoms with van der Waals surface area (Å²) in [6.07, 6.45) is 7.01. The van der Waals surface area contributed by atoms with Crippen LogP contribution in [0.25, 0.3) is 5.57 Å². The van der Waals surface area contributed by atoms with Crippen molar-refractivity contribution in [2.75, 3.05) is 0 Å². The van der Waals surface area contributed by atoms with E-state index in [0.717, 1.165) is 16.8 Å². The van der Waals surface area contributed by atoms with Crippen LogP contribution in [0.2, 0.25) is 0 Å². The molecule has 0 fully saturated rings. The Balaban J connectivity index is 2.10. The zero-order valence-electron chi connectivity index (χ0n) is 14.7. The van der Waals surface area contributed by atoms with Gasteiger partial charge in [-0.15, -0.1) is 0 Å². The molecule has 0 spiro atoms. The van der Waals surface area contributed by atoms with Crippen molar-refractivity contribution in [2.24, 2.45) is 0 Å². The number of halogens is 1. The maximum atomic E-state index is 13.8. The average molecular weight is 342 g/mol. The van der Waals surface area contributed by atoms with E-state index < -0.39 is 11.4 Å². The highest BCUT2D eigenvalue weighted by Crippen LogP contribution is 2.24. The number of aromatic amines is 1. The Kier molecular flexibility index (Phi) is 5.93. The Bertz CT molecular complexity index is 785. The van der Waals surface area contributed by atoms with Gasteiger partial charge in [0, 0.05) is 11.8 Å². The first kappa shape index (κ1) is 18.7. The Morgan fingerprint density at radius 3 is 2.72 bits per heavy atom. The first-order valence-electron chi connectivity index (χ1n) is 7.96. The van der Waals surface area contributed by atoms with Gasteiger partial charge in [0.1, 0.15) is 18.2 Å². The van der Waals surface area contributed by atoms with E-state index in [-0.39, 0.29) is 12.2 Å². The van der Waals surface area contributed by atoms with Crippen molar-refractivity contribution in [1.82, 2.24) is 10.2 Å². The summed E-state index contributed by atoms with van der Waals surface area (Å²) in [6, 6.07) is 6.47. The summed E-state index contributed by atoms with van der Waals surface area (Å²) in [7, 11) is 0. The molecular formula is C20H23FN2O2. The van der Waals surface area contributed by atoms with Crippen molar-refractivity contribution in [3.63, 3.8) is 0 Å². The predicted molar refractivity (Wildman–Crippen MR) is 97.0 cm³/mol. The van der Waals surface area contributed by atoms with Crippen LogP contribution in [-0.2, 0) is 16.9 Å². The molecule has 4 nitrogen and oxygen atoms in total. The van der Waals surface area contributed by atoms with Gasteiger partial charge < -0.3 is 9.84 Å². The van der Waals surface area contributed by atoms with Gasteiger partial charge >= 0.3 is 0 Å². The summed E-state index contributed by atoms with van der Waals surface area (Å²) in [5.74, 6) is 0.154. The van der Waals surface area contributed by atoms with Crippen LogP contribution in [0.4, 0.5) is 4.39 Å². The number of ether oxygens (including phenoxy) is 1. The fourth-order valence-corrected chi connectivity index (χ4v) is 2.25. The molecule has 0 atom stereocenters. The minimum absolute atomic E-state index is 0.243. The smallest absolute Gasteiger partial charge is 0.129 e. The van der Waals surface area contributed by atoms with Crippen LogP contribution in [0.1, 0.15) is 37.6 Å². The molecule has 0 bridgehead atoms. The topological polar surface area (TPSA) is 58.1 Å². The third kappa shape index (κ3) is 5.16. The van der Waals surface area contributed by atoms with Crippen LogP contribution in [0.15, 0.2) is 61.0 Å². The molecular weight excluding hydrogens is 319 g/mol. The van der Waals surface area contributed by atoms with E-state index in [1.165, 1.54) is 6.07 Å². The third-order valence-corrected chi connectivity index (χ3v) is 3.72. The fraction of sp³-hybridized carbons (Fsp3) is 0.250.